The minimum absolute atomic E-state index is 0.393. The molecule has 1 atom stereocenters. The van der Waals surface area contributed by atoms with Gasteiger partial charge in [0.25, 0.3) is 0 Å². The molecule has 2 aromatic heterocycles. The van der Waals surface area contributed by atoms with E-state index in [1.807, 2.05) is 10.8 Å². The molecule has 6 heteroatoms. The monoisotopic (exact) mass is 277 g/mol. The lowest BCUT2D eigenvalue weighted by Gasteiger charge is -2.34. The molecule has 1 unspecified atom stereocenters. The number of hydrogen-bond acceptors (Lipinski definition) is 5. The lowest BCUT2D eigenvalue weighted by molar-refractivity contribution is 0.213. The Morgan fingerprint density at radius 3 is 2.95 bits per heavy atom. The van der Waals surface area contributed by atoms with Gasteiger partial charge in [0.15, 0.2) is 5.82 Å². The average molecular weight is 277 g/mol. The van der Waals surface area contributed by atoms with Crippen LogP contribution in [0.25, 0.3) is 5.65 Å². The zero-order chi connectivity index (χ0) is 13.5. The van der Waals surface area contributed by atoms with Crippen molar-refractivity contribution in [3.05, 3.63) is 12.2 Å². The highest BCUT2D eigenvalue weighted by atomic mass is 32.2. The van der Waals surface area contributed by atoms with Crippen LogP contribution in [0.4, 0.5) is 0 Å². The first-order valence-corrected chi connectivity index (χ1v) is 7.93. The Bertz CT molecular complexity index is 592. The van der Waals surface area contributed by atoms with Gasteiger partial charge in [-0.1, -0.05) is 20.3 Å². The Labute approximate surface area is 117 Å². The van der Waals surface area contributed by atoms with Crippen molar-refractivity contribution >= 4 is 17.4 Å². The highest BCUT2D eigenvalue weighted by molar-refractivity contribution is 7.98. The number of fused-ring (bicyclic) bond motifs is 1. The van der Waals surface area contributed by atoms with Crippen molar-refractivity contribution in [1.29, 1.82) is 0 Å². The van der Waals surface area contributed by atoms with Crippen molar-refractivity contribution in [2.24, 2.45) is 5.41 Å². The second kappa shape index (κ2) is 4.74. The largest absolute Gasteiger partial charge is 0.224 e. The molecule has 3 rings (SSSR count). The summed E-state index contributed by atoms with van der Waals surface area (Å²) < 4.78 is 1.88. The summed E-state index contributed by atoms with van der Waals surface area (Å²) in [6, 6.07) is 0. The van der Waals surface area contributed by atoms with E-state index in [4.69, 9.17) is 0 Å². The average Bonchev–Trinajstić information content (AvgIpc) is 2.81. The predicted octanol–water partition coefficient (Wildman–Crippen LogP) is 2.93. The maximum atomic E-state index is 4.39. The summed E-state index contributed by atoms with van der Waals surface area (Å²) in [5.74, 6) is 1.46. The first-order chi connectivity index (χ1) is 9.11. The molecule has 5 nitrogen and oxygen atoms in total. The van der Waals surface area contributed by atoms with E-state index in [1.165, 1.54) is 19.3 Å². The Balaban J connectivity index is 2.01. The molecule has 0 bridgehead atoms. The van der Waals surface area contributed by atoms with Crippen LogP contribution in [-0.4, -0.2) is 31.1 Å². The Hall–Kier alpha value is -1.17. The zero-order valence-corrected chi connectivity index (χ0v) is 12.4. The molecule has 2 heterocycles. The second-order valence-electron chi connectivity index (χ2n) is 6.02. The van der Waals surface area contributed by atoms with Crippen LogP contribution >= 0.6 is 11.8 Å². The molecule has 0 N–H and O–H groups in total. The predicted molar refractivity (Wildman–Crippen MR) is 75.3 cm³/mol. The van der Waals surface area contributed by atoms with E-state index in [-0.39, 0.29) is 0 Å². The third kappa shape index (κ3) is 2.33. The molecule has 0 saturated heterocycles. The Morgan fingerprint density at radius 2 is 2.21 bits per heavy atom. The van der Waals surface area contributed by atoms with E-state index < -0.39 is 0 Å². The van der Waals surface area contributed by atoms with Crippen molar-refractivity contribution in [2.75, 3.05) is 6.26 Å². The molecule has 0 aromatic carbocycles. The third-order valence-corrected chi connectivity index (χ3v) is 4.64. The molecule has 102 valence electrons. The van der Waals surface area contributed by atoms with Crippen LogP contribution in [0.15, 0.2) is 11.4 Å². The van der Waals surface area contributed by atoms with E-state index in [1.54, 1.807) is 18.1 Å². The van der Waals surface area contributed by atoms with Gasteiger partial charge in [0.05, 0.1) is 0 Å². The van der Waals surface area contributed by atoms with Crippen LogP contribution in [0.2, 0.25) is 0 Å². The number of rotatable bonds is 2. The quantitative estimate of drug-likeness (QED) is 0.790. The van der Waals surface area contributed by atoms with Crippen molar-refractivity contribution in [2.45, 2.75) is 50.5 Å². The minimum Gasteiger partial charge on any atom is -0.224 e. The van der Waals surface area contributed by atoms with E-state index >= 15 is 0 Å². The summed E-state index contributed by atoms with van der Waals surface area (Å²) in [5, 5.41) is 13.9. The van der Waals surface area contributed by atoms with Gasteiger partial charge < -0.3 is 0 Å². The molecule has 0 spiro atoms. The van der Waals surface area contributed by atoms with Gasteiger partial charge >= 0.3 is 0 Å². The van der Waals surface area contributed by atoms with Gasteiger partial charge in [0.2, 0.25) is 5.65 Å². The van der Waals surface area contributed by atoms with Gasteiger partial charge in [-0.3, -0.25) is 0 Å². The summed E-state index contributed by atoms with van der Waals surface area (Å²) in [4.78, 5) is 4.24. The lowest BCUT2D eigenvalue weighted by atomic mass is 9.72. The first kappa shape index (κ1) is 12.8. The standard InChI is InChI=1S/C13H19N5S/c1-13(2)6-4-5-9(7-13)10-16-17-11-12(19-3)14-8-15-18(10)11/h8-9H,4-7H2,1-3H3. The van der Waals surface area contributed by atoms with Gasteiger partial charge in [0, 0.05) is 5.92 Å². The summed E-state index contributed by atoms with van der Waals surface area (Å²) in [6.07, 6.45) is 8.49. The Kier molecular flexibility index (Phi) is 3.20. The van der Waals surface area contributed by atoms with Crippen molar-refractivity contribution in [3.8, 4) is 0 Å². The third-order valence-electron chi connectivity index (χ3n) is 3.96. The number of nitrogens with zero attached hydrogens (tertiary/aromatic N) is 5. The summed E-state index contributed by atoms with van der Waals surface area (Å²) in [5.41, 5.74) is 1.18. The Morgan fingerprint density at radius 1 is 1.37 bits per heavy atom. The highest BCUT2D eigenvalue weighted by Gasteiger charge is 2.32. The smallest absolute Gasteiger partial charge is 0.210 e. The van der Waals surface area contributed by atoms with Gasteiger partial charge in [-0.15, -0.1) is 22.0 Å². The van der Waals surface area contributed by atoms with Crippen LogP contribution in [0.3, 0.4) is 0 Å². The van der Waals surface area contributed by atoms with E-state index in [0.29, 0.717) is 11.3 Å². The molecule has 2 aromatic rings. The van der Waals surface area contributed by atoms with Gasteiger partial charge in [0.1, 0.15) is 11.4 Å². The highest BCUT2D eigenvalue weighted by Crippen LogP contribution is 2.42. The molecule has 1 aliphatic rings. The zero-order valence-electron chi connectivity index (χ0n) is 11.6. The molecular formula is C13H19N5S. The summed E-state index contributed by atoms with van der Waals surface area (Å²) in [7, 11) is 0. The van der Waals surface area contributed by atoms with Crippen LogP contribution in [0.5, 0.6) is 0 Å². The number of aromatic nitrogens is 5. The van der Waals surface area contributed by atoms with Gasteiger partial charge in [-0.25, -0.2) is 4.98 Å². The van der Waals surface area contributed by atoms with Crippen LogP contribution < -0.4 is 0 Å². The maximum Gasteiger partial charge on any atom is 0.210 e. The molecule has 0 aliphatic heterocycles. The first-order valence-electron chi connectivity index (χ1n) is 6.71. The fourth-order valence-electron chi connectivity index (χ4n) is 3.04. The van der Waals surface area contributed by atoms with Crippen LogP contribution in [0, 0.1) is 5.41 Å². The normalized spacial score (nSPS) is 22.8. The van der Waals surface area contributed by atoms with E-state index in [9.17, 15) is 0 Å². The molecule has 0 radical (unpaired) electrons. The lowest BCUT2D eigenvalue weighted by Crippen LogP contribution is -2.23. The number of hydrogen-bond donors (Lipinski definition) is 0. The fraction of sp³-hybridized carbons (Fsp3) is 0.692. The SMILES string of the molecule is CSc1ncnn2c(C3CCCC(C)(C)C3)nnc12. The molecular weight excluding hydrogens is 258 g/mol. The second-order valence-corrected chi connectivity index (χ2v) is 6.82. The molecule has 0 amide bonds. The van der Waals surface area contributed by atoms with Gasteiger partial charge in [-0.05, 0) is 30.9 Å². The van der Waals surface area contributed by atoms with Crippen molar-refractivity contribution in [3.63, 3.8) is 0 Å². The topological polar surface area (TPSA) is 56.0 Å². The summed E-state index contributed by atoms with van der Waals surface area (Å²) >= 11 is 1.58. The molecule has 19 heavy (non-hydrogen) atoms. The van der Waals surface area contributed by atoms with Crippen molar-refractivity contribution < 1.29 is 0 Å². The maximum absolute atomic E-state index is 4.39. The molecule has 1 fully saturated rings. The van der Waals surface area contributed by atoms with Crippen molar-refractivity contribution in [1.82, 2.24) is 24.8 Å². The van der Waals surface area contributed by atoms with Gasteiger partial charge in [-0.2, -0.15) is 9.61 Å². The van der Waals surface area contributed by atoms with E-state index in [2.05, 4.69) is 34.1 Å². The van der Waals surface area contributed by atoms with E-state index in [0.717, 1.165) is 22.9 Å². The molecule has 1 aliphatic carbocycles. The van der Waals surface area contributed by atoms with Crippen LogP contribution in [0.1, 0.15) is 51.3 Å². The number of thioether (sulfide) groups is 1. The van der Waals surface area contributed by atoms with Crippen LogP contribution in [-0.2, 0) is 0 Å². The minimum atomic E-state index is 0.393. The fourth-order valence-corrected chi connectivity index (χ4v) is 3.51. The molecule has 1 saturated carbocycles. The summed E-state index contributed by atoms with van der Waals surface area (Å²) in [6.45, 7) is 4.68.